The van der Waals surface area contributed by atoms with Crippen molar-refractivity contribution in [2.24, 2.45) is 0 Å². The molecule has 1 aliphatic rings. The van der Waals surface area contributed by atoms with Crippen LogP contribution in [0.3, 0.4) is 0 Å². The van der Waals surface area contributed by atoms with Crippen molar-refractivity contribution in [3.05, 3.63) is 34.9 Å². The van der Waals surface area contributed by atoms with Crippen LogP contribution in [0.1, 0.15) is 17.2 Å². The summed E-state index contributed by atoms with van der Waals surface area (Å²) < 4.78 is 31.7. The van der Waals surface area contributed by atoms with Gasteiger partial charge in [0.25, 0.3) is 0 Å². The summed E-state index contributed by atoms with van der Waals surface area (Å²) in [5.41, 5.74) is 1.01. The highest BCUT2D eigenvalue weighted by Crippen LogP contribution is 2.23. The van der Waals surface area contributed by atoms with Crippen LogP contribution < -0.4 is 5.32 Å². The molecule has 1 N–H and O–H groups in total. The Morgan fingerprint density at radius 1 is 1.40 bits per heavy atom. The van der Waals surface area contributed by atoms with E-state index in [2.05, 4.69) is 5.32 Å². The van der Waals surface area contributed by atoms with Gasteiger partial charge in [0.05, 0.1) is 12.7 Å². The van der Waals surface area contributed by atoms with Gasteiger partial charge in [0.15, 0.2) is 11.6 Å². The van der Waals surface area contributed by atoms with Crippen LogP contribution in [0.5, 0.6) is 0 Å². The lowest BCUT2D eigenvalue weighted by Crippen LogP contribution is -2.33. The Labute approximate surface area is 87.2 Å². The summed E-state index contributed by atoms with van der Waals surface area (Å²) in [6.07, 6.45) is -0.174. The maximum Gasteiger partial charge on any atom is 0.161 e. The highest BCUT2D eigenvalue weighted by molar-refractivity contribution is 5.27. The van der Waals surface area contributed by atoms with E-state index in [9.17, 15) is 8.78 Å². The molecule has 0 aliphatic carbocycles. The summed E-state index contributed by atoms with van der Waals surface area (Å²) in [6, 6.07) is 2.84. The first kappa shape index (κ1) is 10.5. The van der Waals surface area contributed by atoms with E-state index in [1.165, 1.54) is 6.07 Å². The van der Waals surface area contributed by atoms with Crippen molar-refractivity contribution in [3.8, 4) is 0 Å². The molecule has 1 atom stereocenters. The molecule has 1 heterocycles. The van der Waals surface area contributed by atoms with Crippen molar-refractivity contribution in [3.63, 3.8) is 0 Å². The van der Waals surface area contributed by atoms with E-state index in [0.717, 1.165) is 6.54 Å². The van der Waals surface area contributed by atoms with Gasteiger partial charge in [-0.05, 0) is 24.1 Å². The third-order valence-electron chi connectivity index (χ3n) is 2.53. The summed E-state index contributed by atoms with van der Waals surface area (Å²) in [4.78, 5) is 0. The topological polar surface area (TPSA) is 21.3 Å². The second-order valence-corrected chi connectivity index (χ2v) is 3.70. The maximum atomic E-state index is 13.1. The van der Waals surface area contributed by atoms with Crippen LogP contribution >= 0.6 is 0 Å². The minimum Gasteiger partial charge on any atom is -0.371 e. The standard InChI is InChI=1S/C11H13F2NO/c1-7-4-8(5-9(12)11(7)13)10-6-14-2-3-15-10/h4-5,10,14H,2-3,6H2,1H3. The van der Waals surface area contributed by atoms with Crippen molar-refractivity contribution in [1.29, 1.82) is 0 Å². The molecule has 15 heavy (non-hydrogen) atoms. The number of aryl methyl sites for hydroxylation is 1. The van der Waals surface area contributed by atoms with E-state index in [0.29, 0.717) is 24.3 Å². The average molecular weight is 213 g/mol. The van der Waals surface area contributed by atoms with E-state index < -0.39 is 11.6 Å². The van der Waals surface area contributed by atoms with Crippen LogP contribution in [0.2, 0.25) is 0 Å². The Kier molecular flexibility index (Phi) is 2.98. The highest BCUT2D eigenvalue weighted by Gasteiger charge is 2.18. The molecular formula is C11H13F2NO. The van der Waals surface area contributed by atoms with Gasteiger partial charge in [-0.2, -0.15) is 0 Å². The molecular weight excluding hydrogens is 200 g/mol. The van der Waals surface area contributed by atoms with Gasteiger partial charge in [-0.3, -0.25) is 0 Å². The zero-order valence-electron chi connectivity index (χ0n) is 8.52. The van der Waals surface area contributed by atoms with Gasteiger partial charge in [-0.25, -0.2) is 8.78 Å². The molecule has 0 saturated carbocycles. The van der Waals surface area contributed by atoms with Gasteiger partial charge in [0.2, 0.25) is 0 Å². The number of morpholine rings is 1. The normalized spacial score (nSPS) is 21.7. The van der Waals surface area contributed by atoms with Gasteiger partial charge >= 0.3 is 0 Å². The predicted molar refractivity (Wildman–Crippen MR) is 52.7 cm³/mol. The second-order valence-electron chi connectivity index (χ2n) is 3.70. The number of nitrogens with one attached hydrogen (secondary N) is 1. The van der Waals surface area contributed by atoms with Crippen LogP contribution in [0.15, 0.2) is 12.1 Å². The molecule has 1 unspecified atom stereocenters. The molecule has 0 bridgehead atoms. The SMILES string of the molecule is Cc1cc(C2CNCCO2)cc(F)c1F. The van der Waals surface area contributed by atoms with Crippen LogP contribution in [-0.2, 0) is 4.74 Å². The number of ether oxygens (including phenoxy) is 1. The summed E-state index contributed by atoms with van der Waals surface area (Å²) >= 11 is 0. The molecule has 1 aliphatic heterocycles. The van der Waals surface area contributed by atoms with Gasteiger partial charge in [0.1, 0.15) is 0 Å². The average Bonchev–Trinajstić information content (AvgIpc) is 2.26. The minimum atomic E-state index is -0.806. The molecule has 2 nitrogen and oxygen atoms in total. The first-order valence-electron chi connectivity index (χ1n) is 4.96. The fraction of sp³-hybridized carbons (Fsp3) is 0.455. The lowest BCUT2D eigenvalue weighted by atomic mass is 10.0. The Morgan fingerprint density at radius 2 is 2.20 bits per heavy atom. The molecule has 4 heteroatoms. The van der Waals surface area contributed by atoms with Crippen molar-refractivity contribution >= 4 is 0 Å². The number of halogens is 2. The van der Waals surface area contributed by atoms with E-state index in [-0.39, 0.29) is 6.10 Å². The molecule has 0 amide bonds. The highest BCUT2D eigenvalue weighted by atomic mass is 19.2. The lowest BCUT2D eigenvalue weighted by Gasteiger charge is -2.24. The molecule has 0 radical (unpaired) electrons. The summed E-state index contributed by atoms with van der Waals surface area (Å²) in [5.74, 6) is -1.58. The van der Waals surface area contributed by atoms with Gasteiger partial charge in [0, 0.05) is 13.1 Å². The van der Waals surface area contributed by atoms with Crippen LogP contribution in [0, 0.1) is 18.6 Å². The molecule has 1 aromatic rings. The number of rotatable bonds is 1. The summed E-state index contributed by atoms with van der Waals surface area (Å²) in [5, 5.41) is 3.15. The molecule has 1 saturated heterocycles. The smallest absolute Gasteiger partial charge is 0.161 e. The third-order valence-corrected chi connectivity index (χ3v) is 2.53. The van der Waals surface area contributed by atoms with Crippen molar-refractivity contribution in [2.75, 3.05) is 19.7 Å². The van der Waals surface area contributed by atoms with E-state index in [1.54, 1.807) is 13.0 Å². The Bertz CT molecular complexity index is 339. The summed E-state index contributed by atoms with van der Waals surface area (Å²) in [6.45, 7) is 3.60. The van der Waals surface area contributed by atoms with Crippen LogP contribution in [0.25, 0.3) is 0 Å². The number of hydrogen-bond donors (Lipinski definition) is 1. The van der Waals surface area contributed by atoms with E-state index >= 15 is 0 Å². The molecule has 2 rings (SSSR count). The van der Waals surface area contributed by atoms with Gasteiger partial charge in [-0.15, -0.1) is 0 Å². The molecule has 1 fully saturated rings. The molecule has 0 spiro atoms. The number of benzene rings is 1. The fourth-order valence-electron chi connectivity index (χ4n) is 1.72. The van der Waals surface area contributed by atoms with Crippen LogP contribution in [0.4, 0.5) is 8.78 Å². The molecule has 1 aromatic carbocycles. The number of hydrogen-bond acceptors (Lipinski definition) is 2. The maximum absolute atomic E-state index is 13.1. The molecule has 0 aromatic heterocycles. The van der Waals surface area contributed by atoms with Gasteiger partial charge < -0.3 is 10.1 Å². The van der Waals surface area contributed by atoms with E-state index in [4.69, 9.17) is 4.74 Å². The zero-order valence-corrected chi connectivity index (χ0v) is 8.52. The van der Waals surface area contributed by atoms with Crippen molar-refractivity contribution < 1.29 is 13.5 Å². The largest absolute Gasteiger partial charge is 0.371 e. The predicted octanol–water partition coefficient (Wildman–Crippen LogP) is 1.93. The minimum absolute atomic E-state index is 0.174. The fourth-order valence-corrected chi connectivity index (χ4v) is 1.72. The molecule has 82 valence electrons. The Morgan fingerprint density at radius 3 is 2.80 bits per heavy atom. The van der Waals surface area contributed by atoms with Crippen LogP contribution in [-0.4, -0.2) is 19.7 Å². The summed E-state index contributed by atoms with van der Waals surface area (Å²) in [7, 11) is 0. The lowest BCUT2D eigenvalue weighted by molar-refractivity contribution is 0.0274. The van der Waals surface area contributed by atoms with E-state index in [1.807, 2.05) is 0 Å². The zero-order chi connectivity index (χ0) is 10.8. The monoisotopic (exact) mass is 213 g/mol. The first-order chi connectivity index (χ1) is 7.18. The Balaban J connectivity index is 2.27. The third kappa shape index (κ3) is 2.16. The van der Waals surface area contributed by atoms with Crippen molar-refractivity contribution in [1.82, 2.24) is 5.32 Å². The second kappa shape index (κ2) is 4.24. The van der Waals surface area contributed by atoms with Crippen molar-refractivity contribution in [2.45, 2.75) is 13.0 Å². The first-order valence-corrected chi connectivity index (χ1v) is 4.96. The van der Waals surface area contributed by atoms with Gasteiger partial charge in [-0.1, -0.05) is 6.07 Å². The Hall–Kier alpha value is -1.00. The quantitative estimate of drug-likeness (QED) is 0.769.